The number of nitrogens with zero attached hydrogens (tertiary/aromatic N) is 1. The van der Waals surface area contributed by atoms with Gasteiger partial charge in [-0.05, 0) is 41.7 Å². The molecular formula is C38H57N7O12S. The van der Waals surface area contributed by atoms with Crippen LogP contribution in [0.15, 0.2) is 24.3 Å². The van der Waals surface area contributed by atoms with E-state index in [0.717, 1.165) is 11.1 Å². The Balaban J connectivity index is 2.24. The molecule has 7 atom stereocenters. The largest absolute Gasteiger partial charge is 0.481 e. The predicted octanol–water partition coefficient (Wildman–Crippen LogP) is -0.597. The van der Waals surface area contributed by atoms with E-state index < -0.39 is 120 Å². The third-order valence-corrected chi connectivity index (χ3v) is 9.83. The number of thiol groups is 1. The Morgan fingerprint density at radius 3 is 1.71 bits per heavy atom. The molecule has 322 valence electrons. The van der Waals surface area contributed by atoms with E-state index in [2.05, 4.69) is 39.2 Å². The van der Waals surface area contributed by atoms with Crippen molar-refractivity contribution in [1.29, 1.82) is 0 Å². The van der Waals surface area contributed by atoms with Gasteiger partial charge in [0.05, 0.1) is 12.5 Å². The molecule has 0 saturated carbocycles. The second-order valence-electron chi connectivity index (χ2n) is 15.4. The fourth-order valence-corrected chi connectivity index (χ4v) is 6.48. The maximum absolute atomic E-state index is 13.8. The molecule has 6 amide bonds. The van der Waals surface area contributed by atoms with Gasteiger partial charge in [0.1, 0.15) is 36.3 Å². The van der Waals surface area contributed by atoms with Crippen LogP contribution in [0.2, 0.25) is 0 Å². The summed E-state index contributed by atoms with van der Waals surface area (Å²) in [5, 5.41) is 40.7. The minimum Gasteiger partial charge on any atom is -0.481 e. The highest BCUT2D eigenvalue weighted by Gasteiger charge is 2.39. The molecule has 1 heterocycles. The molecule has 19 nitrogen and oxygen atoms in total. The summed E-state index contributed by atoms with van der Waals surface area (Å²) in [5.74, 6) is -10.4. The zero-order valence-corrected chi connectivity index (χ0v) is 34.4. The Labute approximate surface area is 342 Å². The zero-order valence-electron chi connectivity index (χ0n) is 33.5. The number of carbonyl (C=O) groups is 9. The first-order valence-electron chi connectivity index (χ1n) is 19.0. The summed E-state index contributed by atoms with van der Waals surface area (Å²) in [4.78, 5) is 117. The van der Waals surface area contributed by atoms with Crippen molar-refractivity contribution in [2.75, 3.05) is 5.75 Å². The number of carboxylic acids is 3. The van der Waals surface area contributed by atoms with Crippen LogP contribution in [0.1, 0.15) is 78.4 Å². The van der Waals surface area contributed by atoms with Crippen molar-refractivity contribution in [3.05, 3.63) is 35.4 Å². The van der Waals surface area contributed by atoms with Gasteiger partial charge in [0.25, 0.3) is 0 Å². The molecule has 0 aromatic heterocycles. The van der Waals surface area contributed by atoms with Gasteiger partial charge >= 0.3 is 17.9 Å². The van der Waals surface area contributed by atoms with E-state index in [4.69, 9.17) is 10.8 Å². The van der Waals surface area contributed by atoms with E-state index in [1.54, 1.807) is 65.8 Å². The third kappa shape index (κ3) is 14.6. The summed E-state index contributed by atoms with van der Waals surface area (Å²) in [6, 6.07) is -2.16. The van der Waals surface area contributed by atoms with E-state index in [0.29, 0.717) is 0 Å². The first kappa shape index (κ1) is 48.9. The van der Waals surface area contributed by atoms with Crippen LogP contribution in [0.4, 0.5) is 0 Å². The molecule has 0 radical (unpaired) electrons. The molecule has 0 unspecified atom stereocenters. The zero-order chi connectivity index (χ0) is 44.0. The summed E-state index contributed by atoms with van der Waals surface area (Å²) >= 11 is 4.27. The average molecular weight is 836 g/mol. The second-order valence-corrected chi connectivity index (χ2v) is 15.8. The highest BCUT2D eigenvalue weighted by Crippen LogP contribution is 2.24. The summed E-state index contributed by atoms with van der Waals surface area (Å²) in [6.07, 6.45) is -1.44. The number of rotatable bonds is 22. The molecule has 0 aliphatic carbocycles. The molecule has 1 aliphatic heterocycles. The number of benzene rings is 1. The normalized spacial score (nSPS) is 16.8. The number of hydrogen-bond acceptors (Lipinski definition) is 11. The molecule has 0 fully saturated rings. The van der Waals surface area contributed by atoms with Gasteiger partial charge in [-0.15, -0.1) is 0 Å². The van der Waals surface area contributed by atoms with Gasteiger partial charge in [0.15, 0.2) is 0 Å². The summed E-state index contributed by atoms with van der Waals surface area (Å²) in [5.41, 5.74) is 7.28. The number of amides is 6. The molecule has 0 bridgehead atoms. The molecule has 20 heteroatoms. The van der Waals surface area contributed by atoms with E-state index in [9.17, 15) is 53.4 Å². The lowest BCUT2D eigenvalue weighted by Gasteiger charge is -2.36. The Bertz CT molecular complexity index is 1690. The van der Waals surface area contributed by atoms with Gasteiger partial charge in [-0.2, -0.15) is 12.6 Å². The smallest absolute Gasteiger partial charge is 0.326 e. The Morgan fingerprint density at radius 1 is 0.707 bits per heavy atom. The summed E-state index contributed by atoms with van der Waals surface area (Å²) < 4.78 is 0. The van der Waals surface area contributed by atoms with Crippen LogP contribution in [-0.2, 0) is 56.1 Å². The predicted molar refractivity (Wildman–Crippen MR) is 212 cm³/mol. The van der Waals surface area contributed by atoms with Crippen molar-refractivity contribution in [3.63, 3.8) is 0 Å². The first-order valence-corrected chi connectivity index (χ1v) is 19.6. The van der Waals surface area contributed by atoms with Crippen molar-refractivity contribution in [3.8, 4) is 0 Å². The average Bonchev–Trinajstić information content (AvgIpc) is 3.14. The SMILES string of the molecule is CC(C)C[C@H](NC(=O)[C@@H](NC(=O)[C@@H](NC(=O)[C@H](CC(=O)O)NC(=O)[C@@H](N)CCC(=O)O)C(C)C)C(C)C)C(=O)N[C@@H](CS)C(=O)N1Cc2ccccc2C[C@H]1C(=O)O. The monoisotopic (exact) mass is 835 g/mol. The number of fused-ring (bicyclic) bond motifs is 1. The maximum atomic E-state index is 13.8. The minimum absolute atomic E-state index is 0.00346. The number of carboxylic acid groups (broad SMARTS) is 3. The van der Waals surface area contributed by atoms with Crippen LogP contribution in [0, 0.1) is 17.8 Å². The van der Waals surface area contributed by atoms with Crippen LogP contribution in [0.3, 0.4) is 0 Å². The fourth-order valence-electron chi connectivity index (χ4n) is 6.24. The Hall–Kier alpha value is -5.24. The molecule has 1 aromatic rings. The van der Waals surface area contributed by atoms with Crippen molar-refractivity contribution in [2.45, 2.75) is 122 Å². The molecule has 1 aliphatic rings. The maximum Gasteiger partial charge on any atom is 0.326 e. The van der Waals surface area contributed by atoms with Gasteiger partial charge in [-0.1, -0.05) is 65.8 Å². The van der Waals surface area contributed by atoms with Crippen LogP contribution in [0.5, 0.6) is 0 Å². The van der Waals surface area contributed by atoms with Crippen LogP contribution in [-0.4, -0.2) is 122 Å². The molecule has 0 spiro atoms. The van der Waals surface area contributed by atoms with Crippen LogP contribution >= 0.6 is 12.6 Å². The topological polar surface area (TPSA) is 304 Å². The quantitative estimate of drug-likeness (QED) is 0.0654. The number of nitrogens with one attached hydrogen (secondary N) is 5. The van der Waals surface area contributed by atoms with Gasteiger partial charge in [0.2, 0.25) is 35.4 Å². The summed E-state index contributed by atoms with van der Waals surface area (Å²) in [7, 11) is 0. The third-order valence-electron chi connectivity index (χ3n) is 9.47. The van der Waals surface area contributed by atoms with Crippen molar-refractivity contribution < 1.29 is 58.5 Å². The fraction of sp³-hybridized carbons (Fsp3) is 0.605. The minimum atomic E-state index is -1.69. The van der Waals surface area contributed by atoms with E-state index >= 15 is 0 Å². The lowest BCUT2D eigenvalue weighted by atomic mass is 9.93. The van der Waals surface area contributed by atoms with E-state index in [1.165, 1.54) is 4.90 Å². The lowest BCUT2D eigenvalue weighted by Crippen LogP contribution is -2.62. The standard InChI is InChI=1S/C38H57N7O12S/c1-18(2)13-24(33(51)42-26(17-58)37(55)45-16-22-10-8-7-9-21(22)14-27(45)38(56)57)41-35(53)30(19(3)4)44-36(54)31(20(5)6)43-34(52)25(15-29(48)49)40-32(50)23(39)11-12-28(46)47/h7-10,18-20,23-27,30-31,58H,11-17,39H2,1-6H3,(H,40,50)(H,41,53)(H,42,51)(H,43,52)(H,44,54)(H,46,47)(H,48,49)(H,56,57)/t23-,24-,25-,26-,27-,30-,31-/m0/s1. The molecule has 58 heavy (non-hydrogen) atoms. The molecular weight excluding hydrogens is 779 g/mol. The Morgan fingerprint density at radius 2 is 1.21 bits per heavy atom. The van der Waals surface area contributed by atoms with Crippen molar-refractivity contribution in [2.24, 2.45) is 23.5 Å². The Kier molecular flexibility index (Phi) is 19.1. The number of aliphatic carboxylic acids is 3. The highest BCUT2D eigenvalue weighted by atomic mass is 32.1. The van der Waals surface area contributed by atoms with Crippen LogP contribution < -0.4 is 32.3 Å². The van der Waals surface area contributed by atoms with Crippen molar-refractivity contribution >= 4 is 66.0 Å². The molecule has 0 saturated heterocycles. The summed E-state index contributed by atoms with van der Waals surface area (Å²) in [6.45, 7) is 10.0. The highest BCUT2D eigenvalue weighted by molar-refractivity contribution is 7.80. The van der Waals surface area contributed by atoms with Gasteiger partial charge in [-0.25, -0.2) is 4.79 Å². The van der Waals surface area contributed by atoms with Crippen LogP contribution in [0.25, 0.3) is 0 Å². The number of nitrogens with two attached hydrogens (primary N) is 1. The van der Waals surface area contributed by atoms with E-state index in [1.807, 2.05) is 0 Å². The first-order chi connectivity index (χ1) is 27.1. The lowest BCUT2D eigenvalue weighted by molar-refractivity contribution is -0.152. The molecule has 10 N–H and O–H groups in total. The molecule has 1 aromatic carbocycles. The molecule has 2 rings (SSSR count). The number of carbonyl (C=O) groups excluding carboxylic acids is 6. The van der Waals surface area contributed by atoms with Crippen molar-refractivity contribution in [1.82, 2.24) is 31.5 Å². The second kappa shape index (κ2) is 22.6. The number of hydrogen-bond donors (Lipinski definition) is 10. The van der Waals surface area contributed by atoms with Gasteiger partial charge in [-0.3, -0.25) is 38.4 Å². The van der Waals surface area contributed by atoms with Gasteiger partial charge in [0, 0.05) is 25.1 Å². The van der Waals surface area contributed by atoms with Gasteiger partial charge < -0.3 is 52.5 Å². The van der Waals surface area contributed by atoms with E-state index in [-0.39, 0.29) is 37.5 Å².